The van der Waals surface area contributed by atoms with Crippen molar-refractivity contribution in [2.45, 2.75) is 26.6 Å². The molecule has 4 heteroatoms. The largest absolute Gasteiger partial charge is 0.350 e. The van der Waals surface area contributed by atoms with Crippen LogP contribution in [-0.4, -0.2) is 17.0 Å². The first kappa shape index (κ1) is 16.3. The van der Waals surface area contributed by atoms with E-state index >= 15 is 0 Å². The summed E-state index contributed by atoms with van der Waals surface area (Å²) in [6, 6.07) is 18.4. The summed E-state index contributed by atoms with van der Waals surface area (Å²) in [5.41, 5.74) is 3.46. The average molecular weight is 321 g/mol. The van der Waals surface area contributed by atoms with Crippen molar-refractivity contribution in [2.75, 3.05) is 6.54 Å². The molecule has 0 fully saturated rings. The zero-order valence-electron chi connectivity index (χ0n) is 14.0. The topological polar surface area (TPSA) is 46.1 Å². The third-order valence-electron chi connectivity index (χ3n) is 4.06. The van der Waals surface area contributed by atoms with Crippen LogP contribution in [0, 0.1) is 0 Å². The lowest BCUT2D eigenvalue weighted by molar-refractivity contribution is -0.121. The molecule has 0 aliphatic rings. The smallest absolute Gasteiger partial charge is 0.240 e. The molecule has 0 saturated heterocycles. The Morgan fingerprint density at radius 3 is 2.62 bits per heavy atom. The Balaban J connectivity index is 1.63. The van der Waals surface area contributed by atoms with Gasteiger partial charge in [-0.05, 0) is 41.3 Å². The first-order chi connectivity index (χ1) is 11.8. The monoisotopic (exact) mass is 321 g/mol. The van der Waals surface area contributed by atoms with Crippen molar-refractivity contribution in [1.82, 2.24) is 15.2 Å². The molecule has 0 aliphatic carbocycles. The fraction of sp³-hybridized carbons (Fsp3) is 0.250. The SMILES string of the molecule is CCNCc1ccc2c(ccn2CC(=O)NCc2ccccc2)c1. The molecule has 3 rings (SSSR count). The van der Waals surface area contributed by atoms with Crippen LogP contribution in [0.5, 0.6) is 0 Å². The number of nitrogens with one attached hydrogen (secondary N) is 2. The van der Waals surface area contributed by atoms with Gasteiger partial charge < -0.3 is 15.2 Å². The van der Waals surface area contributed by atoms with Crippen molar-refractivity contribution >= 4 is 16.8 Å². The van der Waals surface area contributed by atoms with E-state index in [0.717, 1.165) is 24.2 Å². The maximum absolute atomic E-state index is 12.2. The first-order valence-electron chi connectivity index (χ1n) is 8.35. The van der Waals surface area contributed by atoms with Crippen molar-refractivity contribution < 1.29 is 4.79 Å². The van der Waals surface area contributed by atoms with E-state index in [1.807, 2.05) is 41.1 Å². The molecule has 1 heterocycles. The van der Waals surface area contributed by atoms with Crippen LogP contribution in [0.1, 0.15) is 18.1 Å². The maximum Gasteiger partial charge on any atom is 0.240 e. The van der Waals surface area contributed by atoms with E-state index in [-0.39, 0.29) is 5.91 Å². The van der Waals surface area contributed by atoms with Crippen LogP contribution < -0.4 is 10.6 Å². The molecule has 0 bridgehead atoms. The van der Waals surface area contributed by atoms with E-state index in [9.17, 15) is 4.79 Å². The number of aromatic nitrogens is 1. The predicted octanol–water partition coefficient (Wildman–Crippen LogP) is 3.07. The van der Waals surface area contributed by atoms with Gasteiger partial charge in [-0.2, -0.15) is 0 Å². The zero-order valence-corrected chi connectivity index (χ0v) is 14.0. The Bertz CT molecular complexity index is 808. The van der Waals surface area contributed by atoms with E-state index in [1.54, 1.807) is 0 Å². The highest BCUT2D eigenvalue weighted by molar-refractivity contribution is 5.83. The van der Waals surface area contributed by atoms with Gasteiger partial charge in [0, 0.05) is 24.8 Å². The van der Waals surface area contributed by atoms with Crippen molar-refractivity contribution in [3.8, 4) is 0 Å². The Kier molecular flexibility index (Phi) is 5.29. The second-order valence-electron chi connectivity index (χ2n) is 5.88. The van der Waals surface area contributed by atoms with Gasteiger partial charge in [-0.3, -0.25) is 4.79 Å². The van der Waals surface area contributed by atoms with Gasteiger partial charge in [0.1, 0.15) is 6.54 Å². The van der Waals surface area contributed by atoms with E-state index in [4.69, 9.17) is 0 Å². The van der Waals surface area contributed by atoms with E-state index in [2.05, 4.69) is 41.8 Å². The number of nitrogens with zero attached hydrogens (tertiary/aromatic N) is 1. The van der Waals surface area contributed by atoms with Crippen LogP contribution in [0.15, 0.2) is 60.8 Å². The third kappa shape index (κ3) is 4.03. The van der Waals surface area contributed by atoms with Gasteiger partial charge in [0.05, 0.1) is 0 Å². The fourth-order valence-corrected chi connectivity index (χ4v) is 2.77. The quantitative estimate of drug-likeness (QED) is 0.702. The van der Waals surface area contributed by atoms with Gasteiger partial charge in [-0.25, -0.2) is 0 Å². The summed E-state index contributed by atoms with van der Waals surface area (Å²) in [6.45, 7) is 4.83. The number of carbonyl (C=O) groups is 1. The number of amides is 1. The molecular weight excluding hydrogens is 298 g/mol. The highest BCUT2D eigenvalue weighted by Gasteiger charge is 2.07. The molecule has 0 spiro atoms. The molecule has 2 N–H and O–H groups in total. The van der Waals surface area contributed by atoms with Gasteiger partial charge in [-0.15, -0.1) is 0 Å². The van der Waals surface area contributed by atoms with Gasteiger partial charge in [0.25, 0.3) is 0 Å². The van der Waals surface area contributed by atoms with Crippen LogP contribution in [0.3, 0.4) is 0 Å². The molecule has 0 saturated carbocycles. The Labute approximate surface area is 142 Å². The summed E-state index contributed by atoms with van der Waals surface area (Å²) in [4.78, 5) is 12.2. The molecule has 0 atom stereocenters. The number of hydrogen-bond acceptors (Lipinski definition) is 2. The minimum Gasteiger partial charge on any atom is -0.350 e. The van der Waals surface area contributed by atoms with E-state index < -0.39 is 0 Å². The summed E-state index contributed by atoms with van der Waals surface area (Å²) < 4.78 is 1.99. The van der Waals surface area contributed by atoms with Crippen molar-refractivity contribution in [3.05, 3.63) is 71.9 Å². The molecule has 2 aromatic carbocycles. The zero-order chi connectivity index (χ0) is 16.8. The lowest BCUT2D eigenvalue weighted by Gasteiger charge is -2.08. The Hall–Kier alpha value is -2.59. The summed E-state index contributed by atoms with van der Waals surface area (Å²) in [6.07, 6.45) is 1.98. The normalized spacial score (nSPS) is 10.9. The third-order valence-corrected chi connectivity index (χ3v) is 4.06. The Morgan fingerprint density at radius 2 is 1.83 bits per heavy atom. The molecule has 1 amide bonds. The fourth-order valence-electron chi connectivity index (χ4n) is 2.77. The molecule has 0 radical (unpaired) electrons. The second-order valence-corrected chi connectivity index (χ2v) is 5.88. The highest BCUT2D eigenvalue weighted by atomic mass is 16.1. The van der Waals surface area contributed by atoms with Crippen LogP contribution in [0.25, 0.3) is 10.9 Å². The predicted molar refractivity (Wildman–Crippen MR) is 97.6 cm³/mol. The number of benzene rings is 2. The van der Waals surface area contributed by atoms with Crippen molar-refractivity contribution in [2.24, 2.45) is 0 Å². The first-order valence-corrected chi connectivity index (χ1v) is 8.35. The van der Waals surface area contributed by atoms with E-state index in [1.165, 1.54) is 10.9 Å². The minimum absolute atomic E-state index is 0.0214. The number of hydrogen-bond donors (Lipinski definition) is 2. The van der Waals surface area contributed by atoms with Crippen molar-refractivity contribution in [1.29, 1.82) is 0 Å². The second kappa shape index (κ2) is 7.79. The summed E-state index contributed by atoms with van der Waals surface area (Å²) in [5, 5.41) is 7.47. The van der Waals surface area contributed by atoms with E-state index in [0.29, 0.717) is 13.1 Å². The van der Waals surface area contributed by atoms with Gasteiger partial charge in [0.2, 0.25) is 5.91 Å². The standard InChI is InChI=1S/C20H23N3O/c1-2-21-13-17-8-9-19-18(12-17)10-11-23(19)15-20(24)22-14-16-6-4-3-5-7-16/h3-12,21H,2,13-15H2,1H3,(H,22,24). The van der Waals surface area contributed by atoms with Crippen LogP contribution in [-0.2, 0) is 24.4 Å². The summed E-state index contributed by atoms with van der Waals surface area (Å²) >= 11 is 0. The molecule has 24 heavy (non-hydrogen) atoms. The van der Waals surface area contributed by atoms with Gasteiger partial charge >= 0.3 is 0 Å². The van der Waals surface area contributed by atoms with Crippen LogP contribution in [0.2, 0.25) is 0 Å². The van der Waals surface area contributed by atoms with Crippen LogP contribution in [0.4, 0.5) is 0 Å². The number of carbonyl (C=O) groups excluding carboxylic acids is 1. The summed E-state index contributed by atoms with van der Waals surface area (Å²) in [7, 11) is 0. The minimum atomic E-state index is 0.0214. The maximum atomic E-state index is 12.2. The molecule has 124 valence electrons. The highest BCUT2D eigenvalue weighted by Crippen LogP contribution is 2.17. The number of rotatable bonds is 7. The number of fused-ring (bicyclic) bond motifs is 1. The average Bonchev–Trinajstić information content (AvgIpc) is 3.01. The summed E-state index contributed by atoms with van der Waals surface area (Å²) in [5.74, 6) is 0.0214. The van der Waals surface area contributed by atoms with Gasteiger partial charge in [-0.1, -0.05) is 43.3 Å². The molecule has 0 unspecified atom stereocenters. The lowest BCUT2D eigenvalue weighted by Crippen LogP contribution is -2.26. The van der Waals surface area contributed by atoms with Crippen LogP contribution >= 0.6 is 0 Å². The molecule has 0 aliphatic heterocycles. The Morgan fingerprint density at radius 1 is 1.00 bits per heavy atom. The lowest BCUT2D eigenvalue weighted by atomic mass is 10.1. The van der Waals surface area contributed by atoms with Gasteiger partial charge in [0.15, 0.2) is 0 Å². The molecule has 4 nitrogen and oxygen atoms in total. The molecule has 3 aromatic rings. The van der Waals surface area contributed by atoms with Crippen molar-refractivity contribution in [3.63, 3.8) is 0 Å². The molecular formula is C20H23N3O. The molecule has 1 aromatic heterocycles.